The van der Waals surface area contributed by atoms with Gasteiger partial charge >= 0.3 is 0 Å². The molecule has 2 amide bonds. The number of likely N-dealkylation sites (N-methyl/N-ethyl adjacent to an activating group) is 1. The van der Waals surface area contributed by atoms with Gasteiger partial charge in [0, 0.05) is 37.0 Å². The van der Waals surface area contributed by atoms with Gasteiger partial charge in [-0.1, -0.05) is 12.1 Å². The molecular formula is C20H24N4O3. The maximum atomic E-state index is 12.0. The topological polar surface area (TPSA) is 97.5 Å². The van der Waals surface area contributed by atoms with Crippen LogP contribution in [-0.4, -0.2) is 48.4 Å². The van der Waals surface area contributed by atoms with Crippen molar-refractivity contribution >= 4 is 17.5 Å². The molecule has 2 heterocycles. The lowest BCUT2D eigenvalue weighted by Crippen LogP contribution is -2.35. The Labute approximate surface area is 158 Å². The summed E-state index contributed by atoms with van der Waals surface area (Å²) in [6.45, 7) is 2.45. The molecule has 3 rings (SSSR count). The zero-order chi connectivity index (χ0) is 19.2. The van der Waals surface area contributed by atoms with Gasteiger partial charge in [-0.15, -0.1) is 0 Å². The van der Waals surface area contributed by atoms with Gasteiger partial charge in [-0.05, 0) is 43.3 Å². The van der Waals surface area contributed by atoms with Gasteiger partial charge in [-0.25, -0.2) is 0 Å². The van der Waals surface area contributed by atoms with Crippen LogP contribution in [0.1, 0.15) is 34.1 Å². The third-order valence-electron chi connectivity index (χ3n) is 4.49. The number of hydrogen-bond acceptors (Lipinski definition) is 6. The molecule has 2 aromatic rings. The number of nitrogens with zero attached hydrogens (tertiary/aromatic N) is 2. The lowest BCUT2D eigenvalue weighted by Gasteiger charge is -2.29. The predicted molar refractivity (Wildman–Crippen MR) is 102 cm³/mol. The van der Waals surface area contributed by atoms with Crippen LogP contribution >= 0.6 is 0 Å². The van der Waals surface area contributed by atoms with E-state index >= 15 is 0 Å². The molecule has 7 nitrogen and oxygen atoms in total. The monoisotopic (exact) mass is 368 g/mol. The van der Waals surface area contributed by atoms with Gasteiger partial charge in [0.25, 0.3) is 5.91 Å². The lowest BCUT2D eigenvalue weighted by atomic mass is 10.1. The Morgan fingerprint density at radius 2 is 2.19 bits per heavy atom. The van der Waals surface area contributed by atoms with E-state index in [4.69, 9.17) is 10.5 Å². The van der Waals surface area contributed by atoms with Crippen LogP contribution in [0.3, 0.4) is 0 Å². The van der Waals surface area contributed by atoms with E-state index in [2.05, 4.69) is 22.2 Å². The van der Waals surface area contributed by atoms with Crippen molar-refractivity contribution in [3.05, 3.63) is 59.4 Å². The largest absolute Gasteiger partial charge is 0.399 e. The third-order valence-corrected chi connectivity index (χ3v) is 4.49. The Morgan fingerprint density at radius 3 is 2.89 bits per heavy atom. The van der Waals surface area contributed by atoms with E-state index in [1.165, 1.54) is 6.07 Å². The van der Waals surface area contributed by atoms with Crippen molar-refractivity contribution in [1.82, 2.24) is 15.2 Å². The van der Waals surface area contributed by atoms with Gasteiger partial charge in [0.1, 0.15) is 6.10 Å². The van der Waals surface area contributed by atoms with Gasteiger partial charge in [-0.3, -0.25) is 19.9 Å². The van der Waals surface area contributed by atoms with E-state index < -0.39 is 5.91 Å². The van der Waals surface area contributed by atoms with E-state index in [9.17, 15) is 9.59 Å². The normalized spacial score (nSPS) is 17.4. The number of nitrogens with one attached hydrogen (secondary N) is 1. The summed E-state index contributed by atoms with van der Waals surface area (Å²) in [5, 5.41) is 2.38. The van der Waals surface area contributed by atoms with Crippen LogP contribution in [0.4, 0.5) is 5.69 Å². The number of hydrogen-bond donors (Lipinski definition) is 2. The Balaban J connectivity index is 1.49. The van der Waals surface area contributed by atoms with E-state index in [1.807, 2.05) is 12.1 Å². The molecule has 1 unspecified atom stereocenters. The molecule has 0 bridgehead atoms. The summed E-state index contributed by atoms with van der Waals surface area (Å²) >= 11 is 0. The number of amides is 2. The zero-order valence-electron chi connectivity index (χ0n) is 15.4. The maximum absolute atomic E-state index is 12.0. The summed E-state index contributed by atoms with van der Waals surface area (Å²) in [7, 11) is 2.06. The average molecular weight is 368 g/mol. The number of aromatic nitrogens is 1. The molecule has 27 heavy (non-hydrogen) atoms. The number of ether oxygens (including phenoxy) is 1. The van der Waals surface area contributed by atoms with E-state index in [0.29, 0.717) is 24.3 Å². The fraction of sp³-hybridized carbons (Fsp3) is 0.350. The number of nitrogen functional groups attached to an aromatic ring is 1. The van der Waals surface area contributed by atoms with Gasteiger partial charge in [-0.2, -0.15) is 0 Å². The Bertz CT molecular complexity index is 807. The highest BCUT2D eigenvalue weighted by atomic mass is 16.5. The third kappa shape index (κ3) is 5.35. The number of carbonyl (C=O) groups is 2. The SMILES string of the molecule is CN1CCOC(c2ccc(CCC(=O)NC(=O)c3cccc(N)c3)cn2)C1. The molecule has 0 saturated carbocycles. The molecule has 1 saturated heterocycles. The van der Waals surface area contributed by atoms with Crippen LogP contribution in [0.25, 0.3) is 0 Å². The second-order valence-electron chi connectivity index (χ2n) is 6.72. The summed E-state index contributed by atoms with van der Waals surface area (Å²) in [5.74, 6) is -0.775. The number of benzene rings is 1. The number of nitrogens with two attached hydrogens (primary N) is 1. The van der Waals surface area contributed by atoms with Crippen molar-refractivity contribution in [3.63, 3.8) is 0 Å². The second-order valence-corrected chi connectivity index (χ2v) is 6.72. The highest BCUT2D eigenvalue weighted by Crippen LogP contribution is 2.20. The Hall–Kier alpha value is -2.77. The smallest absolute Gasteiger partial charge is 0.257 e. The van der Waals surface area contributed by atoms with Crippen molar-refractivity contribution in [2.45, 2.75) is 18.9 Å². The van der Waals surface area contributed by atoms with Crippen molar-refractivity contribution in [1.29, 1.82) is 0 Å². The Kier molecular flexibility index (Phi) is 6.16. The minimum Gasteiger partial charge on any atom is -0.399 e. The number of imide groups is 1. The van der Waals surface area contributed by atoms with Crippen LogP contribution in [0, 0.1) is 0 Å². The summed E-state index contributed by atoms with van der Waals surface area (Å²) < 4.78 is 5.75. The van der Waals surface area contributed by atoms with Crippen LogP contribution in [0.5, 0.6) is 0 Å². The first-order valence-corrected chi connectivity index (χ1v) is 8.96. The molecule has 0 radical (unpaired) electrons. The van der Waals surface area contributed by atoms with Crippen molar-refractivity contribution in [2.24, 2.45) is 0 Å². The van der Waals surface area contributed by atoms with Gasteiger partial charge in [0.15, 0.2) is 0 Å². The summed E-state index contributed by atoms with van der Waals surface area (Å²) in [4.78, 5) is 30.8. The highest BCUT2D eigenvalue weighted by Gasteiger charge is 2.20. The molecule has 0 aliphatic carbocycles. The summed E-state index contributed by atoms with van der Waals surface area (Å²) in [5.41, 5.74) is 8.33. The summed E-state index contributed by atoms with van der Waals surface area (Å²) in [6, 6.07) is 10.4. The van der Waals surface area contributed by atoms with Crippen LogP contribution < -0.4 is 11.1 Å². The van der Waals surface area contributed by atoms with Gasteiger partial charge < -0.3 is 15.4 Å². The van der Waals surface area contributed by atoms with Crippen LogP contribution in [-0.2, 0) is 16.0 Å². The lowest BCUT2D eigenvalue weighted by molar-refractivity contribution is -0.120. The standard InChI is InChI=1S/C20H24N4O3/c1-24-9-10-27-18(13-24)17-7-5-14(12-22-17)6-8-19(25)23-20(26)15-3-2-4-16(21)11-15/h2-5,7,11-12,18H,6,8-10,13,21H2,1H3,(H,23,25,26). The van der Waals surface area contributed by atoms with Crippen molar-refractivity contribution in [2.75, 3.05) is 32.5 Å². The van der Waals surface area contributed by atoms with Crippen LogP contribution in [0.2, 0.25) is 0 Å². The zero-order valence-corrected chi connectivity index (χ0v) is 15.4. The molecule has 1 aromatic heterocycles. The first kappa shape index (κ1) is 19.0. The molecule has 3 N–H and O–H groups in total. The number of aryl methyl sites for hydroxylation is 1. The predicted octanol–water partition coefficient (Wildman–Crippen LogP) is 1.56. The first-order valence-electron chi connectivity index (χ1n) is 8.96. The van der Waals surface area contributed by atoms with E-state index in [-0.39, 0.29) is 18.4 Å². The first-order chi connectivity index (χ1) is 13.0. The van der Waals surface area contributed by atoms with Crippen LogP contribution in [0.15, 0.2) is 42.6 Å². The van der Waals surface area contributed by atoms with Gasteiger partial charge in [0.05, 0.1) is 12.3 Å². The molecule has 1 aliphatic heterocycles. The summed E-state index contributed by atoms with van der Waals surface area (Å²) in [6.07, 6.45) is 2.46. The van der Waals surface area contributed by atoms with Crippen molar-refractivity contribution in [3.8, 4) is 0 Å². The van der Waals surface area contributed by atoms with Gasteiger partial charge in [0.2, 0.25) is 5.91 Å². The molecule has 1 fully saturated rings. The number of pyridine rings is 1. The minimum absolute atomic E-state index is 0.0166. The fourth-order valence-electron chi connectivity index (χ4n) is 2.93. The number of rotatable bonds is 5. The molecule has 0 spiro atoms. The van der Waals surface area contributed by atoms with E-state index in [1.54, 1.807) is 24.4 Å². The molecule has 1 atom stereocenters. The number of carbonyl (C=O) groups excluding carboxylic acids is 2. The molecule has 7 heteroatoms. The Morgan fingerprint density at radius 1 is 1.33 bits per heavy atom. The average Bonchev–Trinajstić information content (AvgIpc) is 2.67. The molecule has 1 aliphatic rings. The highest BCUT2D eigenvalue weighted by molar-refractivity contribution is 6.05. The van der Waals surface area contributed by atoms with E-state index in [0.717, 1.165) is 24.3 Å². The molecule has 142 valence electrons. The molecule has 1 aromatic carbocycles. The number of morpholine rings is 1. The maximum Gasteiger partial charge on any atom is 0.257 e. The fourth-order valence-corrected chi connectivity index (χ4v) is 2.93. The minimum atomic E-state index is -0.445. The number of anilines is 1. The quantitative estimate of drug-likeness (QED) is 0.777. The van der Waals surface area contributed by atoms with Crippen molar-refractivity contribution < 1.29 is 14.3 Å². The molecular weight excluding hydrogens is 344 g/mol. The second kappa shape index (κ2) is 8.75.